The van der Waals surface area contributed by atoms with Crippen LogP contribution in [0, 0.1) is 23.2 Å². The molecule has 0 aromatic heterocycles. The average Bonchev–Trinajstić information content (AvgIpc) is 2.13. The lowest BCUT2D eigenvalue weighted by atomic mass is 9.56. The molecule has 13 heavy (non-hydrogen) atoms. The lowest BCUT2D eigenvalue weighted by molar-refractivity contribution is 0.00440. The zero-order chi connectivity index (χ0) is 9.47. The molecule has 2 rings (SSSR count). The van der Waals surface area contributed by atoms with Crippen LogP contribution in [0.4, 0.5) is 0 Å². The third-order valence-corrected chi connectivity index (χ3v) is 4.80. The lowest BCUT2D eigenvalue weighted by Crippen LogP contribution is -2.40. The van der Waals surface area contributed by atoms with Crippen LogP contribution in [-0.2, 0) is 0 Å². The molecule has 0 aromatic rings. The van der Waals surface area contributed by atoms with Crippen molar-refractivity contribution in [2.45, 2.75) is 59.3 Å². The highest BCUT2D eigenvalue weighted by atomic mass is 14.5. The third-order valence-electron chi connectivity index (χ3n) is 4.80. The second-order valence-corrected chi connectivity index (χ2v) is 6.06. The zero-order valence-electron chi connectivity index (χ0n) is 9.47. The topological polar surface area (TPSA) is 0 Å². The SMILES string of the molecule is C[C@H]1CCC(C)(C)C2CCCCC21. The first-order valence-corrected chi connectivity index (χ1v) is 6.11. The molecule has 2 aliphatic carbocycles. The minimum atomic E-state index is 0.650. The quantitative estimate of drug-likeness (QED) is 0.523. The molecule has 0 aromatic carbocycles. The van der Waals surface area contributed by atoms with Crippen LogP contribution in [0.3, 0.4) is 0 Å². The Balaban J connectivity index is 2.14. The number of rotatable bonds is 0. The number of hydrogen-bond donors (Lipinski definition) is 0. The highest BCUT2D eigenvalue weighted by Gasteiger charge is 2.42. The van der Waals surface area contributed by atoms with Gasteiger partial charge in [-0.3, -0.25) is 0 Å². The highest BCUT2D eigenvalue weighted by molar-refractivity contribution is 4.92. The number of hydrogen-bond acceptors (Lipinski definition) is 0. The Morgan fingerprint density at radius 2 is 1.69 bits per heavy atom. The van der Waals surface area contributed by atoms with E-state index in [0.717, 1.165) is 17.8 Å². The summed E-state index contributed by atoms with van der Waals surface area (Å²) in [5, 5.41) is 0. The summed E-state index contributed by atoms with van der Waals surface area (Å²) in [4.78, 5) is 0. The molecule has 0 heterocycles. The molecule has 0 N–H and O–H groups in total. The summed E-state index contributed by atoms with van der Waals surface area (Å²) in [6.07, 6.45) is 8.99. The van der Waals surface area contributed by atoms with Crippen molar-refractivity contribution in [1.29, 1.82) is 0 Å². The Bertz CT molecular complexity index is 180. The van der Waals surface area contributed by atoms with Gasteiger partial charge in [-0.05, 0) is 48.9 Å². The summed E-state index contributed by atoms with van der Waals surface area (Å²) in [7, 11) is 0. The monoisotopic (exact) mass is 180 g/mol. The molecular weight excluding hydrogens is 156 g/mol. The van der Waals surface area contributed by atoms with Crippen LogP contribution in [-0.4, -0.2) is 0 Å². The van der Waals surface area contributed by atoms with Crippen LogP contribution in [0.2, 0.25) is 0 Å². The van der Waals surface area contributed by atoms with Crippen molar-refractivity contribution in [1.82, 2.24) is 0 Å². The summed E-state index contributed by atoms with van der Waals surface area (Å²) < 4.78 is 0. The second kappa shape index (κ2) is 3.29. The summed E-state index contributed by atoms with van der Waals surface area (Å²) in [6, 6.07) is 0. The van der Waals surface area contributed by atoms with E-state index in [1.807, 2.05) is 0 Å². The van der Waals surface area contributed by atoms with Gasteiger partial charge in [0, 0.05) is 0 Å². The Morgan fingerprint density at radius 3 is 2.38 bits per heavy atom. The molecule has 0 saturated heterocycles. The van der Waals surface area contributed by atoms with Gasteiger partial charge in [0.05, 0.1) is 0 Å². The van der Waals surface area contributed by atoms with Crippen molar-refractivity contribution in [2.24, 2.45) is 23.2 Å². The normalized spacial score (nSPS) is 44.1. The standard InChI is InChI=1S/C13H24/c1-10-8-9-13(2,3)12-7-5-4-6-11(10)12/h10-12H,4-9H2,1-3H3/t10-,11?,12?/m0/s1. The van der Waals surface area contributed by atoms with Gasteiger partial charge in [-0.2, -0.15) is 0 Å². The van der Waals surface area contributed by atoms with Gasteiger partial charge in [-0.1, -0.05) is 33.6 Å². The molecule has 0 nitrogen and oxygen atoms in total. The van der Waals surface area contributed by atoms with Crippen LogP contribution in [0.5, 0.6) is 0 Å². The van der Waals surface area contributed by atoms with Gasteiger partial charge in [0.2, 0.25) is 0 Å². The highest BCUT2D eigenvalue weighted by Crippen LogP contribution is 2.52. The molecule has 0 bridgehead atoms. The van der Waals surface area contributed by atoms with Crippen molar-refractivity contribution >= 4 is 0 Å². The maximum atomic E-state index is 2.50. The van der Waals surface area contributed by atoms with Gasteiger partial charge < -0.3 is 0 Å². The summed E-state index contributed by atoms with van der Waals surface area (Å²) in [5.74, 6) is 3.13. The molecule has 2 aliphatic rings. The van der Waals surface area contributed by atoms with Gasteiger partial charge in [0.1, 0.15) is 0 Å². The van der Waals surface area contributed by atoms with Gasteiger partial charge >= 0.3 is 0 Å². The average molecular weight is 180 g/mol. The van der Waals surface area contributed by atoms with Gasteiger partial charge in [-0.15, -0.1) is 0 Å². The van der Waals surface area contributed by atoms with E-state index in [4.69, 9.17) is 0 Å². The van der Waals surface area contributed by atoms with Crippen LogP contribution in [0.1, 0.15) is 59.3 Å². The molecule has 0 heteroatoms. The maximum absolute atomic E-state index is 2.50. The van der Waals surface area contributed by atoms with E-state index in [9.17, 15) is 0 Å². The summed E-state index contributed by atoms with van der Waals surface area (Å²) in [6.45, 7) is 7.49. The first kappa shape index (κ1) is 9.55. The van der Waals surface area contributed by atoms with Crippen molar-refractivity contribution in [3.63, 3.8) is 0 Å². The van der Waals surface area contributed by atoms with E-state index < -0.39 is 0 Å². The fourth-order valence-corrected chi connectivity index (χ4v) is 3.81. The van der Waals surface area contributed by atoms with E-state index in [-0.39, 0.29) is 0 Å². The van der Waals surface area contributed by atoms with Crippen molar-refractivity contribution in [2.75, 3.05) is 0 Å². The molecule has 3 atom stereocenters. The van der Waals surface area contributed by atoms with Gasteiger partial charge in [0.25, 0.3) is 0 Å². The minimum Gasteiger partial charge on any atom is -0.0622 e. The first-order valence-electron chi connectivity index (χ1n) is 6.11. The molecule has 2 saturated carbocycles. The Kier molecular flexibility index (Phi) is 2.42. The zero-order valence-corrected chi connectivity index (χ0v) is 9.47. The second-order valence-electron chi connectivity index (χ2n) is 6.06. The third kappa shape index (κ3) is 1.65. The molecule has 2 unspecified atom stereocenters. The smallest absolute Gasteiger partial charge is 0.0323 e. The van der Waals surface area contributed by atoms with Gasteiger partial charge in [-0.25, -0.2) is 0 Å². The fraction of sp³-hybridized carbons (Fsp3) is 1.00. The van der Waals surface area contributed by atoms with Crippen molar-refractivity contribution in [3.05, 3.63) is 0 Å². The van der Waals surface area contributed by atoms with Crippen LogP contribution >= 0.6 is 0 Å². The van der Waals surface area contributed by atoms with Crippen LogP contribution in [0.15, 0.2) is 0 Å². The van der Waals surface area contributed by atoms with E-state index in [1.165, 1.54) is 38.5 Å². The van der Waals surface area contributed by atoms with E-state index in [2.05, 4.69) is 20.8 Å². The lowest BCUT2D eigenvalue weighted by Gasteiger charge is -2.50. The Hall–Kier alpha value is 0. The minimum absolute atomic E-state index is 0.650. The maximum Gasteiger partial charge on any atom is -0.0323 e. The molecular formula is C13H24. The molecule has 0 spiro atoms. The largest absolute Gasteiger partial charge is 0.0622 e. The van der Waals surface area contributed by atoms with E-state index in [0.29, 0.717) is 5.41 Å². The van der Waals surface area contributed by atoms with Crippen LogP contribution in [0.25, 0.3) is 0 Å². The Morgan fingerprint density at radius 1 is 1.00 bits per heavy atom. The Labute approximate surface area is 83.1 Å². The molecule has 0 amide bonds. The first-order chi connectivity index (χ1) is 6.11. The van der Waals surface area contributed by atoms with Gasteiger partial charge in [0.15, 0.2) is 0 Å². The summed E-state index contributed by atoms with van der Waals surface area (Å²) >= 11 is 0. The molecule has 0 radical (unpaired) electrons. The predicted molar refractivity (Wildman–Crippen MR) is 57.6 cm³/mol. The number of fused-ring (bicyclic) bond motifs is 1. The van der Waals surface area contributed by atoms with Crippen LogP contribution < -0.4 is 0 Å². The summed E-state index contributed by atoms with van der Waals surface area (Å²) in [5.41, 5.74) is 0.650. The predicted octanol–water partition coefficient (Wildman–Crippen LogP) is 4.25. The fourth-order valence-electron chi connectivity index (χ4n) is 3.81. The van der Waals surface area contributed by atoms with E-state index >= 15 is 0 Å². The molecule has 0 aliphatic heterocycles. The van der Waals surface area contributed by atoms with E-state index in [1.54, 1.807) is 0 Å². The van der Waals surface area contributed by atoms with Crippen molar-refractivity contribution < 1.29 is 0 Å². The van der Waals surface area contributed by atoms with Crippen molar-refractivity contribution in [3.8, 4) is 0 Å². The molecule has 76 valence electrons. The molecule has 2 fully saturated rings.